The van der Waals surface area contributed by atoms with Gasteiger partial charge in [-0.25, -0.2) is 19.9 Å². The van der Waals surface area contributed by atoms with Crippen LogP contribution in [0.25, 0.3) is 40.9 Å². The molecule has 5 amide bonds. The predicted octanol–water partition coefficient (Wildman–Crippen LogP) is 20.9. The van der Waals surface area contributed by atoms with Crippen LogP contribution in [0.5, 0.6) is 0 Å². The highest BCUT2D eigenvalue weighted by molar-refractivity contribution is 7.19. The van der Waals surface area contributed by atoms with Crippen molar-refractivity contribution in [2.45, 2.75) is 248 Å². The molecule has 4 heterocycles. The van der Waals surface area contributed by atoms with E-state index in [4.69, 9.17) is 46.4 Å². The second kappa shape index (κ2) is 55.3. The number of Topliss-reactive ketones (excluding diaryl/α,β-unsaturated/α-hetero) is 3. The van der Waals surface area contributed by atoms with E-state index in [9.17, 15) is 57.5 Å². The SMILES string of the molecule is C=CC(=O)CC[C@@H](NC(=O)[C@@H](CC(=O)CC)Cc1nc2ccc(Cl)cc2s1)[C@@H](C)CC.C=CC(=O)CC[C@@H](NC(=O)[C@@H](CC(=O)CCC)Cc1nc2ccc(Cl)cc2s1)[C@@H](C)CC.C=CC(=O)CC[C@@H](NC(=O)[C@@H](CC(=O)NC)Cc1nc2ccc(Cl)cc2s1)[C@@H](C)CC.C=CC(=O)CC[C@@H](NC(=O)[C@@H](CC(C)=O)Cc1nc2ccc(Cl)cc2s1)[C@@H](C)CC. The fraction of sp³-hybridized carbons (Fsp3) is 0.495. The third kappa shape index (κ3) is 36.5. The number of ketones is 7. The maximum Gasteiger partial charge on any atom is 0.224 e. The molecule has 29 heteroatoms. The molecular weight excluding hydrogens is 1730 g/mol. The van der Waals surface area contributed by atoms with Gasteiger partial charge in [0.05, 0.1) is 84.6 Å². The molecule has 0 fully saturated rings. The summed E-state index contributed by atoms with van der Waals surface area (Å²) in [5.74, 6) is -2.13. The Kier molecular flexibility index (Phi) is 47.3. The van der Waals surface area contributed by atoms with Crippen LogP contribution in [0.4, 0.5) is 0 Å². The Bertz CT molecular complexity index is 4830. The van der Waals surface area contributed by atoms with Gasteiger partial charge in [-0.3, -0.25) is 52.7 Å². The van der Waals surface area contributed by atoms with E-state index in [1.54, 1.807) is 38.2 Å². The first-order valence-corrected chi connectivity index (χ1v) is 47.6. The third-order valence-corrected chi connectivity index (χ3v) is 27.3. The van der Waals surface area contributed by atoms with Crippen LogP contribution >= 0.6 is 91.8 Å². The highest BCUT2D eigenvalue weighted by atomic mass is 35.5. The van der Waals surface area contributed by atoms with Gasteiger partial charge in [-0.1, -0.05) is 168 Å². The quantitative estimate of drug-likeness (QED) is 0.0221. The molecule has 8 aromatic rings. The fourth-order valence-corrected chi connectivity index (χ4v) is 19.0. The van der Waals surface area contributed by atoms with E-state index in [0.717, 1.165) is 93.0 Å². The number of benzene rings is 4. The number of aromatic nitrogens is 4. The zero-order chi connectivity index (χ0) is 91.9. The summed E-state index contributed by atoms with van der Waals surface area (Å²) < 4.78 is 3.83. The number of hydrogen-bond acceptors (Lipinski definition) is 20. The van der Waals surface area contributed by atoms with E-state index < -0.39 is 23.7 Å². The number of carbonyl (C=O) groups excluding carboxylic acids is 12. The molecular formula is C95H123Cl4N9O12S4. The topological polar surface area (TPSA) is 317 Å². The van der Waals surface area contributed by atoms with Gasteiger partial charge in [-0.15, -0.1) is 45.3 Å². The molecule has 0 radical (unpaired) electrons. The van der Waals surface area contributed by atoms with Crippen molar-refractivity contribution < 1.29 is 57.5 Å². The number of nitrogens with one attached hydrogen (secondary N) is 5. The van der Waals surface area contributed by atoms with Gasteiger partial charge in [0.25, 0.3) is 0 Å². The summed E-state index contributed by atoms with van der Waals surface area (Å²) >= 11 is 30.3. The second-order valence-corrected chi connectivity index (χ2v) is 37.9. The van der Waals surface area contributed by atoms with Crippen LogP contribution in [0, 0.1) is 47.3 Å². The monoisotopic (exact) mass is 1850 g/mol. The molecule has 21 nitrogen and oxygen atoms in total. The van der Waals surface area contributed by atoms with Gasteiger partial charge < -0.3 is 31.4 Å². The molecule has 0 aliphatic carbocycles. The van der Waals surface area contributed by atoms with Crippen LogP contribution in [0.3, 0.4) is 0 Å². The molecule has 0 saturated carbocycles. The Labute approximate surface area is 766 Å². The van der Waals surface area contributed by atoms with E-state index in [0.29, 0.717) is 110 Å². The van der Waals surface area contributed by atoms with Gasteiger partial charge in [-0.05, 0) is 160 Å². The molecule has 0 bridgehead atoms. The van der Waals surface area contributed by atoms with Crippen LogP contribution < -0.4 is 26.6 Å². The Morgan fingerprint density at radius 3 is 0.847 bits per heavy atom. The molecule has 5 N–H and O–H groups in total. The lowest BCUT2D eigenvalue weighted by atomic mass is 9.91. The van der Waals surface area contributed by atoms with Gasteiger partial charge in [0.1, 0.15) is 17.3 Å². The maximum absolute atomic E-state index is 13.3. The average molecular weight is 1850 g/mol. The summed E-state index contributed by atoms with van der Waals surface area (Å²) in [7, 11) is 1.56. The van der Waals surface area contributed by atoms with Crippen molar-refractivity contribution in [2.75, 3.05) is 7.05 Å². The Morgan fingerprint density at radius 1 is 0.371 bits per heavy atom. The molecule has 0 aliphatic rings. The van der Waals surface area contributed by atoms with Gasteiger partial charge in [0.15, 0.2) is 23.1 Å². The molecule has 8 rings (SSSR count). The summed E-state index contributed by atoms with van der Waals surface area (Å²) in [6.45, 7) is 35.8. The van der Waals surface area contributed by atoms with Crippen molar-refractivity contribution in [1.29, 1.82) is 0 Å². The van der Waals surface area contributed by atoms with Crippen molar-refractivity contribution >= 4 is 203 Å². The van der Waals surface area contributed by atoms with Crippen molar-refractivity contribution in [2.24, 2.45) is 47.3 Å². The van der Waals surface area contributed by atoms with Crippen molar-refractivity contribution in [3.05, 3.63) is 164 Å². The Balaban J connectivity index is 0.000000294. The fourth-order valence-electron chi connectivity index (χ4n) is 13.7. The summed E-state index contributed by atoms with van der Waals surface area (Å²) in [5, 5.41) is 20.8. The molecule has 0 aliphatic heterocycles. The minimum Gasteiger partial charge on any atom is -0.359 e. The Hall–Kier alpha value is -8.40. The van der Waals surface area contributed by atoms with Crippen LogP contribution in [0.2, 0.25) is 20.1 Å². The number of carbonyl (C=O) groups is 12. The Morgan fingerprint density at radius 2 is 0.621 bits per heavy atom. The van der Waals surface area contributed by atoms with E-state index in [-0.39, 0.29) is 144 Å². The molecule has 12 atom stereocenters. The minimum absolute atomic E-state index is 0.0321. The van der Waals surface area contributed by atoms with Crippen molar-refractivity contribution in [3.8, 4) is 0 Å². The van der Waals surface area contributed by atoms with E-state index in [2.05, 4.69) is 114 Å². The number of fused-ring (bicyclic) bond motifs is 4. The number of nitrogens with zero attached hydrogens (tertiary/aromatic N) is 4. The van der Waals surface area contributed by atoms with Crippen molar-refractivity contribution in [3.63, 3.8) is 0 Å². The smallest absolute Gasteiger partial charge is 0.224 e. The van der Waals surface area contributed by atoms with Gasteiger partial charge in [0, 0.05) is 141 Å². The molecule has 0 spiro atoms. The standard InChI is InChI=1S/C25H33ClN2O3S.C24H31ClN2O3S.C23H30ClN3O3S.C23H29ClN2O3S/c1-5-8-20(30)13-17(14-24-27-22-11-9-18(26)15-23(22)32-24)25(31)28-21(16(4)6-2)12-10-19(29)7-3;1-5-15(4)20(11-9-18(28)6-2)27-24(30)16(12-19(29)7-3)13-23-26-21-10-8-17(25)14-22(21)31-23;1-5-14(3)18(10-8-17(28)6-2)27-23(30)15(11-21(29)25-4)12-22-26-19-9-7-16(24)13-20(19)31-22;1-5-14(3)19(10-8-18(28)6-2)26-23(29)16(11-15(4)27)12-22-25-20-9-7-17(24)13-21(20)30-22/h7,9,11,15-17,21H,3,5-6,8,10,12-14H2,1-2,4H3,(H,28,31);6,8,10,14-16,20H,2,5,7,9,11-13H2,1,3-4H3,(H,27,30);6-7,9,13-15,18H,2,5,8,10-12H2,1,3-4H3,(H,25,29)(H,27,30);6-7,9,13-14,16,19H,2,5,8,10-12H2,1,3-4H3,(H,26,29)/t16-,17-,21+;15-,16-,20+;14-,15-,18+;14-,16-,19+/m0000/s1. The zero-order valence-corrected chi connectivity index (χ0v) is 79.9. The third-order valence-electron chi connectivity index (χ3n) is 22.2. The largest absolute Gasteiger partial charge is 0.359 e. The van der Waals surface area contributed by atoms with Gasteiger partial charge in [0.2, 0.25) is 29.5 Å². The summed E-state index contributed by atoms with van der Waals surface area (Å²) in [6, 6.07) is 21.5. The molecule has 124 heavy (non-hydrogen) atoms. The lowest BCUT2D eigenvalue weighted by molar-refractivity contribution is -0.131. The highest BCUT2D eigenvalue weighted by Gasteiger charge is 2.33. The minimum atomic E-state index is -0.558. The van der Waals surface area contributed by atoms with E-state index >= 15 is 0 Å². The summed E-state index contributed by atoms with van der Waals surface area (Å²) in [5.41, 5.74) is 3.34. The average Bonchev–Trinajstić information content (AvgIpc) is 1.70. The first-order valence-electron chi connectivity index (χ1n) is 42.8. The van der Waals surface area contributed by atoms with Crippen LogP contribution in [-0.4, -0.2) is 121 Å². The molecule has 4 aromatic carbocycles. The number of rotatable bonds is 51. The van der Waals surface area contributed by atoms with E-state index in [1.165, 1.54) is 76.6 Å². The van der Waals surface area contributed by atoms with Crippen LogP contribution in [0.15, 0.2) is 123 Å². The second-order valence-electron chi connectivity index (χ2n) is 31.7. The molecule has 672 valence electrons. The van der Waals surface area contributed by atoms with Gasteiger partial charge >= 0.3 is 0 Å². The number of hydrogen-bond donors (Lipinski definition) is 5. The molecule has 0 saturated heterocycles. The van der Waals surface area contributed by atoms with Gasteiger partial charge in [-0.2, -0.15) is 0 Å². The van der Waals surface area contributed by atoms with E-state index in [1.807, 2.05) is 69.3 Å². The lowest BCUT2D eigenvalue weighted by Crippen LogP contribution is -2.44. The highest BCUT2D eigenvalue weighted by Crippen LogP contribution is 2.34. The van der Waals surface area contributed by atoms with Crippen molar-refractivity contribution in [1.82, 2.24) is 46.5 Å². The van der Waals surface area contributed by atoms with Crippen LogP contribution in [-0.2, 0) is 83.2 Å². The molecule has 4 aromatic heterocycles. The summed E-state index contributed by atoms with van der Waals surface area (Å²) in [4.78, 5) is 166. The summed E-state index contributed by atoms with van der Waals surface area (Å²) in [6.07, 6.45) is 16.1. The molecule has 0 unspecified atom stereocenters. The van der Waals surface area contributed by atoms with Crippen LogP contribution in [0.1, 0.15) is 218 Å². The number of allylic oxidation sites excluding steroid dienone is 4. The maximum atomic E-state index is 13.3. The number of thiazole rings is 4. The normalized spacial score (nSPS) is 14.0. The lowest BCUT2D eigenvalue weighted by Gasteiger charge is -2.26. The first kappa shape index (κ1) is 106. The predicted molar refractivity (Wildman–Crippen MR) is 509 cm³/mol. The first-order chi connectivity index (χ1) is 59.0. The number of halogens is 4. The number of amides is 5. The zero-order valence-electron chi connectivity index (χ0n) is 73.6.